The van der Waals surface area contributed by atoms with Crippen LogP contribution in [-0.4, -0.2) is 52.7 Å². The fourth-order valence-corrected chi connectivity index (χ4v) is 5.86. The normalized spacial score (nSPS) is 22.7. The monoisotopic (exact) mass is 727 g/mol. The van der Waals surface area contributed by atoms with E-state index in [4.69, 9.17) is 9.29 Å². The smallest absolute Gasteiger partial charge is 0.393 e. The van der Waals surface area contributed by atoms with Crippen LogP contribution < -0.4 is 0 Å². The lowest BCUT2D eigenvalue weighted by atomic mass is 9.80. The van der Waals surface area contributed by atoms with Gasteiger partial charge in [-0.05, 0) is 62.1 Å². The Balaban J connectivity index is 0.000000167. The molecule has 1 N–H and O–H groups in total. The number of nitrogens with zero attached hydrogens (tertiary/aromatic N) is 3. The van der Waals surface area contributed by atoms with Gasteiger partial charge in [-0.1, -0.05) is 0 Å². The van der Waals surface area contributed by atoms with E-state index >= 15 is 0 Å². The van der Waals surface area contributed by atoms with Crippen molar-refractivity contribution in [3.05, 3.63) is 88.8 Å². The summed E-state index contributed by atoms with van der Waals surface area (Å²) in [4.78, 5) is 22.4. The molecule has 3 aliphatic rings. The highest BCUT2D eigenvalue weighted by Gasteiger charge is 2.38. The second-order valence-corrected chi connectivity index (χ2v) is 13.6. The lowest BCUT2D eigenvalue weighted by molar-refractivity contribution is -0.138. The topological polar surface area (TPSA) is 119 Å². The van der Waals surface area contributed by atoms with Gasteiger partial charge in [-0.25, -0.2) is 0 Å². The lowest BCUT2D eigenvalue weighted by Gasteiger charge is -2.33. The van der Waals surface area contributed by atoms with Gasteiger partial charge in [-0.2, -0.15) is 47.9 Å². The van der Waals surface area contributed by atoms with Crippen LogP contribution in [0.5, 0.6) is 0 Å². The van der Waals surface area contributed by atoms with Crippen molar-refractivity contribution in [2.75, 3.05) is 6.26 Å². The minimum absolute atomic E-state index is 0.0256. The first-order valence-electron chi connectivity index (χ1n) is 14.8. The molecule has 0 aromatic carbocycles. The quantitative estimate of drug-likeness (QED) is 0.217. The minimum Gasteiger partial charge on any atom is -0.393 e. The summed E-state index contributed by atoms with van der Waals surface area (Å²) in [7, 11) is -3.52. The number of carbonyl (C=O) groups excluding carboxylic acids is 1. The van der Waals surface area contributed by atoms with E-state index in [0.29, 0.717) is 55.6 Å². The molecule has 0 atom stereocenters. The van der Waals surface area contributed by atoms with Crippen LogP contribution in [-0.2, 0) is 37.6 Å². The molecule has 8 nitrogen and oxygen atoms in total. The van der Waals surface area contributed by atoms with Crippen molar-refractivity contribution in [3.8, 4) is 0 Å². The van der Waals surface area contributed by atoms with E-state index in [9.17, 15) is 52.7 Å². The van der Waals surface area contributed by atoms with Crippen LogP contribution >= 0.6 is 0 Å². The maximum absolute atomic E-state index is 12.5. The molecule has 0 radical (unpaired) electrons. The number of hydrogen-bond acceptors (Lipinski definition) is 8. The number of carbonyl (C=O) groups is 1. The van der Waals surface area contributed by atoms with Gasteiger partial charge in [-0.15, -0.1) is 0 Å². The summed E-state index contributed by atoms with van der Waals surface area (Å²) in [5.74, 6) is -0.254. The van der Waals surface area contributed by atoms with Crippen molar-refractivity contribution in [1.29, 1.82) is 0 Å². The molecule has 0 bridgehead atoms. The second kappa shape index (κ2) is 14.7. The van der Waals surface area contributed by atoms with Crippen molar-refractivity contribution >= 4 is 15.9 Å². The highest BCUT2D eigenvalue weighted by molar-refractivity contribution is 7.86. The Kier molecular flexibility index (Phi) is 11.4. The van der Waals surface area contributed by atoms with Crippen molar-refractivity contribution in [2.24, 2.45) is 0 Å². The molecule has 49 heavy (non-hydrogen) atoms. The fraction of sp³-hybridized carbons (Fsp3) is 0.484. The summed E-state index contributed by atoms with van der Waals surface area (Å²) in [6.07, 6.45) is -7.17. The number of rotatable bonds is 5. The predicted molar refractivity (Wildman–Crippen MR) is 154 cm³/mol. The lowest BCUT2D eigenvalue weighted by Crippen LogP contribution is -2.32. The third-order valence-corrected chi connectivity index (χ3v) is 8.67. The van der Waals surface area contributed by atoms with Gasteiger partial charge < -0.3 is 5.11 Å². The molecule has 3 heterocycles. The second-order valence-electron chi connectivity index (χ2n) is 12.0. The fourth-order valence-electron chi connectivity index (χ4n) is 5.20. The van der Waals surface area contributed by atoms with Crippen molar-refractivity contribution in [3.63, 3.8) is 0 Å². The Morgan fingerprint density at radius 1 is 0.653 bits per heavy atom. The molecule has 3 saturated carbocycles. The zero-order valence-electron chi connectivity index (χ0n) is 25.6. The largest absolute Gasteiger partial charge is 0.416 e. The zero-order valence-corrected chi connectivity index (χ0v) is 26.4. The van der Waals surface area contributed by atoms with Crippen LogP contribution in [0.25, 0.3) is 0 Å². The number of aromatic nitrogens is 3. The molecular weight excluding hydrogens is 697 g/mol. The van der Waals surface area contributed by atoms with Gasteiger partial charge in [0.25, 0.3) is 10.1 Å². The van der Waals surface area contributed by atoms with E-state index in [1.54, 1.807) is 0 Å². The summed E-state index contributed by atoms with van der Waals surface area (Å²) in [6, 6.07) is 5.89. The van der Waals surface area contributed by atoms with Crippen molar-refractivity contribution < 1.29 is 62.0 Å². The Morgan fingerprint density at radius 2 is 1.00 bits per heavy atom. The van der Waals surface area contributed by atoms with E-state index in [-0.39, 0.29) is 29.6 Å². The summed E-state index contributed by atoms with van der Waals surface area (Å²) in [5, 5.41) is 9.06. The number of Topliss-reactive ketones (excluding diaryl/α,β-unsaturated/α-hetero) is 1. The maximum Gasteiger partial charge on any atom is 0.416 e. The number of alkyl halides is 9. The molecule has 3 aromatic heterocycles. The number of halogens is 9. The highest BCUT2D eigenvalue weighted by atomic mass is 32.2. The molecule has 6 rings (SSSR count). The number of ketones is 1. The van der Waals surface area contributed by atoms with E-state index < -0.39 is 51.4 Å². The van der Waals surface area contributed by atoms with Crippen LogP contribution in [0.1, 0.15) is 90.1 Å². The number of aliphatic hydroxyl groups is 1. The number of hydrogen-bond donors (Lipinski definition) is 1. The predicted octanol–water partition coefficient (Wildman–Crippen LogP) is 7.21. The Bertz CT molecular complexity index is 1710. The van der Waals surface area contributed by atoms with Gasteiger partial charge in [-0.3, -0.25) is 23.9 Å². The number of pyridine rings is 3. The van der Waals surface area contributed by atoms with Crippen LogP contribution in [0.4, 0.5) is 39.5 Å². The van der Waals surface area contributed by atoms with Crippen molar-refractivity contribution in [1.82, 2.24) is 15.0 Å². The van der Waals surface area contributed by atoms with Crippen LogP contribution in [0.15, 0.2) is 55.0 Å². The van der Waals surface area contributed by atoms with Gasteiger partial charge >= 0.3 is 18.5 Å². The van der Waals surface area contributed by atoms with Gasteiger partial charge in [0.05, 0.1) is 35.2 Å². The van der Waals surface area contributed by atoms with Crippen LogP contribution in [0.3, 0.4) is 0 Å². The Labute approximate surface area is 274 Å². The Hall–Kier alpha value is -3.64. The summed E-state index contributed by atoms with van der Waals surface area (Å²) in [5.41, 5.74) is -1.01. The van der Waals surface area contributed by atoms with Gasteiger partial charge in [0.15, 0.2) is 0 Å². The van der Waals surface area contributed by atoms with Crippen molar-refractivity contribution in [2.45, 2.75) is 87.0 Å². The molecule has 3 aliphatic carbocycles. The molecule has 0 aliphatic heterocycles. The van der Waals surface area contributed by atoms with E-state index in [2.05, 4.69) is 15.0 Å². The van der Waals surface area contributed by atoms with Crippen LogP contribution in [0.2, 0.25) is 0 Å². The summed E-state index contributed by atoms with van der Waals surface area (Å²) < 4.78 is 138. The third kappa shape index (κ3) is 10.9. The molecular formula is C31H30F9N3O5S. The van der Waals surface area contributed by atoms with Gasteiger partial charge in [0, 0.05) is 66.3 Å². The molecule has 0 amide bonds. The third-order valence-electron chi connectivity index (χ3n) is 8.05. The number of aliphatic hydroxyl groups excluding tert-OH is 1. The summed E-state index contributed by atoms with van der Waals surface area (Å²) in [6.45, 7) is 0. The first-order valence-corrected chi connectivity index (χ1v) is 16.6. The standard InChI is InChI=1S/C11H12F3NO3S.C10H10F3NO.C10H8F3NO/c1-19(16,17)18-9-4-7(5-9)10-6-8(2-3-15-10)11(12,13)14;2*11-10(12,13)7-1-2-14-9(5-7)6-3-8(15)4-6/h2-3,6-7,9H,4-5H2,1H3;1-2,5-6,8,15H,3-4H2;1-2,5-6H,3-4H2. The molecule has 268 valence electrons. The van der Waals surface area contributed by atoms with Gasteiger partial charge in [0.1, 0.15) is 5.78 Å². The Morgan fingerprint density at radius 3 is 1.31 bits per heavy atom. The summed E-state index contributed by atoms with van der Waals surface area (Å²) >= 11 is 0. The average Bonchev–Trinajstić information content (AvgIpc) is 2.95. The minimum atomic E-state index is -4.40. The van der Waals surface area contributed by atoms with E-state index in [0.717, 1.165) is 55.0 Å². The first kappa shape index (κ1) is 38.2. The highest BCUT2D eigenvalue weighted by Crippen LogP contribution is 2.41. The first-order chi connectivity index (χ1) is 22.6. The van der Waals surface area contributed by atoms with Crippen LogP contribution in [0, 0.1) is 0 Å². The maximum atomic E-state index is 12.5. The van der Waals surface area contributed by atoms with E-state index in [1.807, 2.05) is 0 Å². The SMILES string of the molecule is CS(=O)(=O)OC1CC(c2cc(C(F)(F)F)ccn2)C1.O=C1CC(c2cc(C(F)(F)F)ccn2)C1.OC1CC(c2cc(C(F)(F)F)ccn2)C1. The van der Waals surface area contributed by atoms with E-state index in [1.165, 1.54) is 6.20 Å². The zero-order chi connectivity index (χ0) is 36.4. The molecule has 0 spiro atoms. The molecule has 3 fully saturated rings. The molecule has 0 unspecified atom stereocenters. The molecule has 0 saturated heterocycles. The molecule has 3 aromatic rings. The average molecular weight is 728 g/mol. The molecule has 18 heteroatoms. The van der Waals surface area contributed by atoms with Gasteiger partial charge in [0.2, 0.25) is 0 Å².